The fourth-order valence-corrected chi connectivity index (χ4v) is 3.51. The molecule has 26 heavy (non-hydrogen) atoms. The molecule has 5 heteroatoms. The van der Waals surface area contributed by atoms with Gasteiger partial charge in [0.2, 0.25) is 5.91 Å². The van der Waals surface area contributed by atoms with Gasteiger partial charge < -0.3 is 14.6 Å². The first-order chi connectivity index (χ1) is 12.7. The van der Waals surface area contributed by atoms with Gasteiger partial charge >= 0.3 is 0 Å². The number of benzene rings is 2. The standard InChI is InChI=1S/C21H23N3O2/c1-15-8-10-16(11-9-15)26-14-12-20(25)24-13-4-7-19(24)21-22-17-5-2-3-6-18(17)23-21/h2-3,5-6,8-11,19H,4,7,12-14H2,1H3,(H,22,23)/t19-/m0/s1. The van der Waals surface area contributed by atoms with Crippen LogP contribution in [0, 0.1) is 6.92 Å². The minimum absolute atomic E-state index is 0.0364. The molecule has 134 valence electrons. The molecule has 4 rings (SSSR count). The summed E-state index contributed by atoms with van der Waals surface area (Å²) in [5.41, 5.74) is 3.16. The number of ether oxygens (including phenoxy) is 1. The van der Waals surface area contributed by atoms with Crippen LogP contribution < -0.4 is 4.74 Å². The third-order valence-corrected chi connectivity index (χ3v) is 4.90. The molecule has 0 saturated carbocycles. The van der Waals surface area contributed by atoms with Gasteiger partial charge in [-0.05, 0) is 44.0 Å². The topological polar surface area (TPSA) is 58.2 Å². The molecule has 2 heterocycles. The van der Waals surface area contributed by atoms with Crippen LogP contribution in [0.25, 0.3) is 11.0 Å². The van der Waals surface area contributed by atoms with Crippen LogP contribution in [0.5, 0.6) is 5.75 Å². The maximum absolute atomic E-state index is 12.7. The van der Waals surface area contributed by atoms with Gasteiger partial charge in [0.25, 0.3) is 0 Å². The second-order valence-electron chi connectivity index (χ2n) is 6.80. The lowest BCUT2D eigenvalue weighted by Gasteiger charge is -2.23. The van der Waals surface area contributed by atoms with Crippen molar-refractivity contribution in [3.63, 3.8) is 0 Å². The Kier molecular flexibility index (Phi) is 4.61. The van der Waals surface area contributed by atoms with Gasteiger partial charge in [-0.25, -0.2) is 4.98 Å². The van der Waals surface area contributed by atoms with Gasteiger partial charge in [-0.15, -0.1) is 0 Å². The van der Waals surface area contributed by atoms with Crippen molar-refractivity contribution >= 4 is 16.9 Å². The predicted molar refractivity (Wildman–Crippen MR) is 101 cm³/mol. The zero-order valence-corrected chi connectivity index (χ0v) is 14.9. The van der Waals surface area contributed by atoms with E-state index >= 15 is 0 Å². The number of H-pyrrole nitrogens is 1. The summed E-state index contributed by atoms with van der Waals surface area (Å²) in [5, 5.41) is 0. The summed E-state index contributed by atoms with van der Waals surface area (Å²) in [7, 11) is 0. The van der Waals surface area contributed by atoms with E-state index in [1.54, 1.807) is 0 Å². The lowest BCUT2D eigenvalue weighted by Crippen LogP contribution is -2.32. The molecule has 1 fully saturated rings. The summed E-state index contributed by atoms with van der Waals surface area (Å²) in [6.07, 6.45) is 2.33. The van der Waals surface area contributed by atoms with E-state index < -0.39 is 0 Å². The zero-order chi connectivity index (χ0) is 17.9. The summed E-state index contributed by atoms with van der Waals surface area (Å²) in [6.45, 7) is 3.22. The van der Waals surface area contributed by atoms with Crippen molar-refractivity contribution in [2.24, 2.45) is 0 Å². The highest BCUT2D eigenvalue weighted by atomic mass is 16.5. The predicted octanol–water partition coefficient (Wildman–Crippen LogP) is 4.00. The van der Waals surface area contributed by atoms with Crippen LogP contribution in [-0.4, -0.2) is 33.9 Å². The van der Waals surface area contributed by atoms with Crippen molar-refractivity contribution in [1.82, 2.24) is 14.9 Å². The smallest absolute Gasteiger partial charge is 0.226 e. The Balaban J connectivity index is 1.39. The first-order valence-corrected chi connectivity index (χ1v) is 9.14. The Morgan fingerprint density at radius 2 is 2.04 bits per heavy atom. The fourth-order valence-electron chi connectivity index (χ4n) is 3.51. The second-order valence-corrected chi connectivity index (χ2v) is 6.80. The molecular weight excluding hydrogens is 326 g/mol. The van der Waals surface area contributed by atoms with Crippen LogP contribution >= 0.6 is 0 Å². The van der Waals surface area contributed by atoms with Crippen LogP contribution in [0.15, 0.2) is 48.5 Å². The van der Waals surface area contributed by atoms with Gasteiger partial charge in [0.15, 0.2) is 0 Å². The van der Waals surface area contributed by atoms with E-state index in [0.717, 1.165) is 42.0 Å². The number of hydrogen-bond acceptors (Lipinski definition) is 3. The van der Waals surface area contributed by atoms with Gasteiger partial charge in [0, 0.05) is 6.54 Å². The Morgan fingerprint density at radius 3 is 2.85 bits per heavy atom. The number of hydrogen-bond donors (Lipinski definition) is 1. The molecule has 1 amide bonds. The maximum Gasteiger partial charge on any atom is 0.226 e. The number of nitrogens with one attached hydrogen (secondary N) is 1. The zero-order valence-electron chi connectivity index (χ0n) is 14.9. The highest BCUT2D eigenvalue weighted by Crippen LogP contribution is 2.31. The van der Waals surface area contributed by atoms with Gasteiger partial charge in [-0.1, -0.05) is 29.8 Å². The molecule has 5 nitrogen and oxygen atoms in total. The van der Waals surface area contributed by atoms with E-state index in [0.29, 0.717) is 13.0 Å². The number of aromatic nitrogens is 2. The molecule has 2 aromatic carbocycles. The van der Waals surface area contributed by atoms with Crippen molar-refractivity contribution in [2.45, 2.75) is 32.2 Å². The van der Waals surface area contributed by atoms with Crippen molar-refractivity contribution < 1.29 is 9.53 Å². The quantitative estimate of drug-likeness (QED) is 0.757. The van der Waals surface area contributed by atoms with Crippen LogP contribution in [0.3, 0.4) is 0 Å². The number of carbonyl (C=O) groups is 1. The van der Waals surface area contributed by atoms with E-state index in [-0.39, 0.29) is 11.9 Å². The molecule has 1 N–H and O–H groups in total. The van der Waals surface area contributed by atoms with Crippen molar-refractivity contribution in [3.8, 4) is 5.75 Å². The summed E-state index contributed by atoms with van der Waals surface area (Å²) >= 11 is 0. The number of likely N-dealkylation sites (tertiary alicyclic amines) is 1. The second kappa shape index (κ2) is 7.20. The number of imidazole rings is 1. The number of rotatable bonds is 5. The Morgan fingerprint density at radius 1 is 1.23 bits per heavy atom. The maximum atomic E-state index is 12.7. The van der Waals surface area contributed by atoms with E-state index in [9.17, 15) is 4.79 Å². The van der Waals surface area contributed by atoms with E-state index in [1.807, 2.05) is 60.4 Å². The number of fused-ring (bicyclic) bond motifs is 1. The SMILES string of the molecule is Cc1ccc(OCCC(=O)N2CCC[C@H]2c2nc3ccccc3[nH]2)cc1. The Labute approximate surface area is 153 Å². The lowest BCUT2D eigenvalue weighted by molar-refractivity contribution is -0.132. The average Bonchev–Trinajstić information content (AvgIpc) is 3.29. The normalized spacial score (nSPS) is 17.0. The Hall–Kier alpha value is -2.82. The van der Waals surface area contributed by atoms with Crippen LogP contribution in [0.1, 0.15) is 36.7 Å². The summed E-state index contributed by atoms with van der Waals surface area (Å²) in [4.78, 5) is 22.7. The van der Waals surface area contributed by atoms with Crippen molar-refractivity contribution in [1.29, 1.82) is 0 Å². The minimum atomic E-state index is 0.0364. The van der Waals surface area contributed by atoms with Gasteiger partial charge in [-0.3, -0.25) is 4.79 Å². The first kappa shape index (κ1) is 16.6. The van der Waals surface area contributed by atoms with Crippen LogP contribution in [-0.2, 0) is 4.79 Å². The van der Waals surface area contributed by atoms with Crippen molar-refractivity contribution in [2.75, 3.05) is 13.2 Å². The van der Waals surface area contributed by atoms with E-state index in [1.165, 1.54) is 5.56 Å². The van der Waals surface area contributed by atoms with E-state index in [4.69, 9.17) is 4.74 Å². The molecule has 1 saturated heterocycles. The molecule has 0 bridgehead atoms. The monoisotopic (exact) mass is 349 g/mol. The first-order valence-electron chi connectivity index (χ1n) is 9.14. The number of aryl methyl sites for hydroxylation is 1. The average molecular weight is 349 g/mol. The largest absolute Gasteiger partial charge is 0.493 e. The van der Waals surface area contributed by atoms with Crippen molar-refractivity contribution in [3.05, 3.63) is 59.9 Å². The number of para-hydroxylation sites is 2. The third-order valence-electron chi connectivity index (χ3n) is 4.90. The van der Waals surface area contributed by atoms with Gasteiger partial charge in [0.05, 0.1) is 30.1 Å². The molecule has 0 radical (unpaired) electrons. The fraction of sp³-hybridized carbons (Fsp3) is 0.333. The van der Waals surface area contributed by atoms with Gasteiger partial charge in [-0.2, -0.15) is 0 Å². The number of carbonyl (C=O) groups excluding carboxylic acids is 1. The molecule has 1 aliphatic rings. The minimum Gasteiger partial charge on any atom is -0.493 e. The third kappa shape index (κ3) is 3.43. The summed E-state index contributed by atoms with van der Waals surface area (Å²) in [6, 6.07) is 15.9. The number of aromatic amines is 1. The molecule has 1 aromatic heterocycles. The molecule has 0 unspecified atom stereocenters. The van der Waals surface area contributed by atoms with Crippen LogP contribution in [0.2, 0.25) is 0 Å². The van der Waals surface area contributed by atoms with Crippen LogP contribution in [0.4, 0.5) is 0 Å². The molecular formula is C21H23N3O2. The molecule has 0 spiro atoms. The highest BCUT2D eigenvalue weighted by molar-refractivity contribution is 5.78. The molecule has 0 aliphatic carbocycles. The molecule has 1 atom stereocenters. The number of nitrogens with zero attached hydrogens (tertiary/aromatic N) is 2. The van der Waals surface area contributed by atoms with E-state index in [2.05, 4.69) is 9.97 Å². The molecule has 3 aromatic rings. The molecule has 1 aliphatic heterocycles. The summed E-state index contributed by atoms with van der Waals surface area (Å²) < 4.78 is 5.71. The van der Waals surface area contributed by atoms with Gasteiger partial charge in [0.1, 0.15) is 11.6 Å². The highest BCUT2D eigenvalue weighted by Gasteiger charge is 2.31. The lowest BCUT2D eigenvalue weighted by atomic mass is 10.2. The Bertz CT molecular complexity index is 868. The summed E-state index contributed by atoms with van der Waals surface area (Å²) in [5.74, 6) is 1.82. The number of amides is 1.